The van der Waals surface area contributed by atoms with E-state index in [0.717, 1.165) is 13.0 Å². The minimum Gasteiger partial charge on any atom is -0.481 e. The van der Waals surface area contributed by atoms with Crippen molar-refractivity contribution in [2.45, 2.75) is 83.3 Å². The molecule has 146 valence electrons. The van der Waals surface area contributed by atoms with Gasteiger partial charge in [-0.25, -0.2) is 0 Å². The maximum Gasteiger partial charge on any atom is 0.303 e. The van der Waals surface area contributed by atoms with Gasteiger partial charge in [0.2, 0.25) is 0 Å². The summed E-state index contributed by atoms with van der Waals surface area (Å²) in [7, 11) is 0. The molecule has 0 spiro atoms. The van der Waals surface area contributed by atoms with Gasteiger partial charge < -0.3 is 14.6 Å². The summed E-state index contributed by atoms with van der Waals surface area (Å²) < 4.78 is 11.8. The molecule has 0 aromatic carbocycles. The molecular formula is C20H36O4S. The van der Waals surface area contributed by atoms with E-state index in [9.17, 15) is 4.79 Å². The number of carboxylic acid groups (broad SMARTS) is 1. The van der Waals surface area contributed by atoms with E-state index in [4.69, 9.17) is 14.6 Å². The van der Waals surface area contributed by atoms with Crippen LogP contribution in [0.5, 0.6) is 0 Å². The van der Waals surface area contributed by atoms with Gasteiger partial charge in [0.05, 0.1) is 12.2 Å². The average molecular weight is 373 g/mol. The highest BCUT2D eigenvalue weighted by atomic mass is 32.2. The lowest BCUT2D eigenvalue weighted by molar-refractivity contribution is -0.137. The molecule has 4 unspecified atom stereocenters. The van der Waals surface area contributed by atoms with Gasteiger partial charge in [0.15, 0.2) is 0 Å². The number of ether oxygens (including phenoxy) is 2. The van der Waals surface area contributed by atoms with Gasteiger partial charge in [-0.15, -0.1) is 0 Å². The summed E-state index contributed by atoms with van der Waals surface area (Å²) in [6.07, 6.45) is 12.0. The van der Waals surface area contributed by atoms with Crippen LogP contribution in [-0.4, -0.2) is 48.0 Å². The van der Waals surface area contributed by atoms with Gasteiger partial charge in [-0.3, -0.25) is 4.79 Å². The smallest absolute Gasteiger partial charge is 0.303 e. The summed E-state index contributed by atoms with van der Waals surface area (Å²) in [6, 6.07) is 0. The second-order valence-corrected chi connectivity index (χ2v) is 8.70. The van der Waals surface area contributed by atoms with Crippen molar-refractivity contribution in [2.75, 3.05) is 24.7 Å². The molecule has 0 aliphatic carbocycles. The lowest BCUT2D eigenvalue weighted by atomic mass is 9.76. The molecule has 1 N–H and O–H groups in total. The maximum atomic E-state index is 10.5. The van der Waals surface area contributed by atoms with Crippen LogP contribution >= 0.6 is 11.8 Å². The fraction of sp³-hybridized carbons (Fsp3) is 0.950. The molecule has 2 fully saturated rings. The Morgan fingerprint density at radius 3 is 2.52 bits per heavy atom. The number of aliphatic carboxylic acids is 1. The molecule has 2 rings (SSSR count). The number of hydrogen-bond acceptors (Lipinski definition) is 4. The lowest BCUT2D eigenvalue weighted by Gasteiger charge is -2.28. The van der Waals surface area contributed by atoms with Gasteiger partial charge in [-0.1, -0.05) is 26.2 Å². The van der Waals surface area contributed by atoms with Crippen LogP contribution < -0.4 is 0 Å². The van der Waals surface area contributed by atoms with Crippen molar-refractivity contribution in [1.29, 1.82) is 0 Å². The SMILES string of the molecule is CCCCCCSCCC1C2CCC(O2)C1CCOCCCC(=O)O. The van der Waals surface area contributed by atoms with E-state index in [1.54, 1.807) is 0 Å². The highest BCUT2D eigenvalue weighted by Gasteiger charge is 2.47. The van der Waals surface area contributed by atoms with Crippen LogP contribution in [0.25, 0.3) is 0 Å². The van der Waals surface area contributed by atoms with Crippen molar-refractivity contribution in [1.82, 2.24) is 0 Å². The quantitative estimate of drug-likeness (QED) is 0.420. The van der Waals surface area contributed by atoms with Gasteiger partial charge in [-0.05, 0) is 61.9 Å². The first-order valence-corrected chi connectivity index (χ1v) is 11.4. The summed E-state index contributed by atoms with van der Waals surface area (Å²) in [5, 5.41) is 8.64. The highest BCUT2D eigenvalue weighted by molar-refractivity contribution is 7.99. The Morgan fingerprint density at radius 2 is 1.80 bits per heavy atom. The molecule has 2 bridgehead atoms. The Labute approximate surface area is 157 Å². The molecule has 5 heteroatoms. The summed E-state index contributed by atoms with van der Waals surface area (Å²) in [6.45, 7) is 3.57. The third-order valence-electron chi connectivity index (χ3n) is 5.60. The number of rotatable bonds is 15. The number of thioether (sulfide) groups is 1. The second-order valence-electron chi connectivity index (χ2n) is 7.48. The van der Waals surface area contributed by atoms with Crippen LogP contribution in [0.3, 0.4) is 0 Å². The van der Waals surface area contributed by atoms with Crippen molar-refractivity contribution in [2.24, 2.45) is 11.8 Å². The standard InChI is InChI=1S/C20H36O4S/c1-2-3-4-5-14-25-15-11-17-16(18-8-9-19(17)24-18)10-13-23-12-6-7-20(21)22/h16-19H,2-15H2,1H3,(H,21,22). The van der Waals surface area contributed by atoms with Gasteiger partial charge in [0.25, 0.3) is 0 Å². The van der Waals surface area contributed by atoms with Gasteiger partial charge in [0, 0.05) is 19.6 Å². The first kappa shape index (κ1) is 21.0. The summed E-state index contributed by atoms with van der Waals surface area (Å²) in [4.78, 5) is 10.5. The van der Waals surface area contributed by atoms with E-state index in [2.05, 4.69) is 18.7 Å². The molecule has 2 saturated heterocycles. The minimum atomic E-state index is -0.739. The predicted octanol–water partition coefficient (Wildman–Crippen LogP) is 4.76. The van der Waals surface area contributed by atoms with Gasteiger partial charge in [-0.2, -0.15) is 11.8 Å². The average Bonchev–Trinajstić information content (AvgIpc) is 3.19. The molecule has 0 amide bonds. The minimum absolute atomic E-state index is 0.204. The number of carbonyl (C=O) groups is 1. The zero-order chi connectivity index (χ0) is 17.9. The van der Waals surface area contributed by atoms with Crippen LogP contribution in [-0.2, 0) is 14.3 Å². The van der Waals surface area contributed by atoms with Gasteiger partial charge >= 0.3 is 5.97 Å². The van der Waals surface area contributed by atoms with Crippen LogP contribution in [0.1, 0.15) is 71.1 Å². The second kappa shape index (κ2) is 12.2. The van der Waals surface area contributed by atoms with Crippen molar-refractivity contribution < 1.29 is 19.4 Å². The highest BCUT2D eigenvalue weighted by Crippen LogP contribution is 2.46. The van der Waals surface area contributed by atoms with Crippen molar-refractivity contribution in [3.63, 3.8) is 0 Å². The molecule has 0 aromatic heterocycles. The van der Waals surface area contributed by atoms with Crippen LogP contribution in [0.15, 0.2) is 0 Å². The summed E-state index contributed by atoms with van der Waals surface area (Å²) in [5.41, 5.74) is 0. The largest absolute Gasteiger partial charge is 0.481 e. The molecule has 4 nitrogen and oxygen atoms in total. The Kier molecular flexibility index (Phi) is 10.3. The monoisotopic (exact) mass is 372 g/mol. The summed E-state index contributed by atoms with van der Waals surface area (Å²) >= 11 is 2.12. The van der Waals surface area contributed by atoms with E-state index >= 15 is 0 Å². The molecule has 0 aromatic rings. The third-order valence-corrected chi connectivity index (χ3v) is 6.70. The Bertz CT molecular complexity index is 377. The predicted molar refractivity (Wildman–Crippen MR) is 103 cm³/mol. The van der Waals surface area contributed by atoms with E-state index in [0.29, 0.717) is 37.1 Å². The zero-order valence-corrected chi connectivity index (χ0v) is 16.6. The molecule has 4 atom stereocenters. The van der Waals surface area contributed by atoms with Crippen LogP contribution in [0, 0.1) is 11.8 Å². The topological polar surface area (TPSA) is 55.8 Å². The van der Waals surface area contributed by atoms with Gasteiger partial charge in [0.1, 0.15) is 0 Å². The normalized spacial score (nSPS) is 27.9. The fourth-order valence-corrected chi connectivity index (χ4v) is 5.32. The molecule has 2 heterocycles. The number of hydrogen-bond donors (Lipinski definition) is 1. The van der Waals surface area contributed by atoms with E-state index < -0.39 is 5.97 Å². The number of fused-ring (bicyclic) bond motifs is 2. The lowest BCUT2D eigenvalue weighted by Crippen LogP contribution is -2.28. The van der Waals surface area contributed by atoms with E-state index in [-0.39, 0.29) is 6.42 Å². The molecular weight excluding hydrogens is 336 g/mol. The van der Waals surface area contributed by atoms with Crippen molar-refractivity contribution in [3.05, 3.63) is 0 Å². The molecule has 2 aliphatic heterocycles. The number of unbranched alkanes of at least 4 members (excludes halogenated alkanes) is 3. The van der Waals surface area contributed by atoms with Crippen LogP contribution in [0.4, 0.5) is 0 Å². The number of carboxylic acids is 1. The molecule has 0 radical (unpaired) electrons. The first-order chi connectivity index (χ1) is 12.2. The molecule has 25 heavy (non-hydrogen) atoms. The maximum absolute atomic E-state index is 10.5. The van der Waals surface area contributed by atoms with Crippen LogP contribution in [0.2, 0.25) is 0 Å². The van der Waals surface area contributed by atoms with E-state index in [1.807, 2.05) is 0 Å². The van der Waals surface area contributed by atoms with Crippen molar-refractivity contribution in [3.8, 4) is 0 Å². The molecule has 0 saturated carbocycles. The Hall–Kier alpha value is -0.260. The first-order valence-electron chi connectivity index (χ1n) is 10.2. The Morgan fingerprint density at radius 1 is 1.04 bits per heavy atom. The Balaban J connectivity index is 1.57. The molecule has 2 aliphatic rings. The van der Waals surface area contributed by atoms with E-state index in [1.165, 1.54) is 56.5 Å². The third kappa shape index (κ3) is 7.48. The van der Waals surface area contributed by atoms with Crippen molar-refractivity contribution >= 4 is 17.7 Å². The summed E-state index contributed by atoms with van der Waals surface area (Å²) in [5.74, 6) is 3.19. The fourth-order valence-electron chi connectivity index (χ4n) is 4.27. The zero-order valence-electron chi connectivity index (χ0n) is 15.8.